The highest BCUT2D eigenvalue weighted by Gasteiger charge is 2.31. The van der Waals surface area contributed by atoms with Gasteiger partial charge in [0, 0.05) is 50.0 Å². The van der Waals surface area contributed by atoms with Gasteiger partial charge in [-0.15, -0.1) is 0 Å². The Balaban J connectivity index is 1.88. The number of carbonyl (C=O) groups is 4. The molecule has 10 N–H and O–H groups in total. The van der Waals surface area contributed by atoms with Gasteiger partial charge in [0.25, 0.3) is 0 Å². The lowest BCUT2D eigenvalue weighted by atomic mass is 9.86. The zero-order valence-corrected chi connectivity index (χ0v) is 27.6. The first kappa shape index (κ1) is 37.4. The molecule has 0 radical (unpaired) electrons. The number of phenols is 1. The molecule has 48 heavy (non-hydrogen) atoms. The molecule has 0 aliphatic carbocycles. The summed E-state index contributed by atoms with van der Waals surface area (Å²) in [7, 11) is 0. The number of carbonyl (C=O) groups excluding carboxylic acids is 4. The van der Waals surface area contributed by atoms with E-state index in [0.29, 0.717) is 24.9 Å². The van der Waals surface area contributed by atoms with Crippen LogP contribution in [-0.4, -0.2) is 58.1 Å². The van der Waals surface area contributed by atoms with E-state index in [1.165, 1.54) is 0 Å². The van der Waals surface area contributed by atoms with Crippen molar-refractivity contribution in [2.45, 2.75) is 70.9 Å². The van der Waals surface area contributed by atoms with Gasteiger partial charge in [0.05, 0.1) is 12.1 Å². The van der Waals surface area contributed by atoms with Crippen LogP contribution in [0.3, 0.4) is 0 Å². The highest BCUT2D eigenvalue weighted by molar-refractivity contribution is 5.94. The van der Waals surface area contributed by atoms with Crippen molar-refractivity contribution < 1.29 is 24.3 Å². The first-order valence-electron chi connectivity index (χ1n) is 16.0. The van der Waals surface area contributed by atoms with E-state index in [-0.39, 0.29) is 55.4 Å². The number of hydrogen-bond donors (Lipinski definition) is 6. The quantitative estimate of drug-likeness (QED) is 0.0627. The largest absolute Gasteiger partial charge is 0.508 e. The van der Waals surface area contributed by atoms with Crippen LogP contribution in [0.5, 0.6) is 5.75 Å². The third kappa shape index (κ3) is 11.9. The number of aliphatic imine (C=N–C) groups is 1. The van der Waals surface area contributed by atoms with Gasteiger partial charge in [-0.3, -0.25) is 29.2 Å². The average Bonchev–Trinajstić information content (AvgIpc) is 3.04. The van der Waals surface area contributed by atoms with E-state index in [2.05, 4.69) is 15.3 Å². The van der Waals surface area contributed by atoms with Crippen molar-refractivity contribution in [3.05, 3.63) is 94.8 Å². The Morgan fingerprint density at radius 3 is 2.10 bits per heavy atom. The lowest BCUT2D eigenvalue weighted by Gasteiger charge is -2.25. The van der Waals surface area contributed by atoms with E-state index in [1.54, 1.807) is 36.7 Å². The Labute approximate surface area is 281 Å². The van der Waals surface area contributed by atoms with E-state index in [9.17, 15) is 24.3 Å². The number of aromatic nitrogens is 1. The molecule has 2 aromatic carbocycles. The molecule has 0 bridgehead atoms. The topological polar surface area (TPSA) is 230 Å². The van der Waals surface area contributed by atoms with Crippen LogP contribution in [0, 0.1) is 25.7 Å². The molecular formula is C36H47N7O5. The number of benzene rings is 2. The first-order chi connectivity index (χ1) is 22.8. The van der Waals surface area contributed by atoms with Gasteiger partial charge in [-0.25, -0.2) is 0 Å². The summed E-state index contributed by atoms with van der Waals surface area (Å²) in [6, 6.07) is 14.1. The van der Waals surface area contributed by atoms with Crippen LogP contribution in [0.2, 0.25) is 0 Å². The smallest absolute Gasteiger partial charge is 0.224 e. The van der Waals surface area contributed by atoms with Crippen molar-refractivity contribution in [3.63, 3.8) is 0 Å². The van der Waals surface area contributed by atoms with Crippen LogP contribution in [0.1, 0.15) is 53.5 Å². The number of primary amides is 1. The lowest BCUT2D eigenvalue weighted by molar-refractivity contribution is -0.133. The van der Waals surface area contributed by atoms with Crippen molar-refractivity contribution in [1.29, 1.82) is 0 Å². The second kappa shape index (κ2) is 18.3. The molecule has 1 aromatic heterocycles. The van der Waals surface area contributed by atoms with Crippen molar-refractivity contribution in [1.82, 2.24) is 10.3 Å². The molecule has 12 nitrogen and oxygen atoms in total. The summed E-state index contributed by atoms with van der Waals surface area (Å²) in [6.45, 7) is 3.95. The third-order valence-corrected chi connectivity index (χ3v) is 8.37. The number of aromatic hydroxyl groups is 1. The van der Waals surface area contributed by atoms with E-state index in [1.807, 2.05) is 44.2 Å². The fourth-order valence-electron chi connectivity index (χ4n) is 5.72. The number of Topliss-reactive ketones (excluding diaryl/α,β-unsaturated/α-hetero) is 2. The molecule has 0 unspecified atom stereocenters. The molecule has 1 heterocycles. The summed E-state index contributed by atoms with van der Waals surface area (Å²) < 4.78 is 0. The van der Waals surface area contributed by atoms with Crippen LogP contribution in [0.15, 0.2) is 72.0 Å². The number of guanidine groups is 1. The van der Waals surface area contributed by atoms with Crippen molar-refractivity contribution in [3.8, 4) is 5.75 Å². The van der Waals surface area contributed by atoms with Gasteiger partial charge in [0.1, 0.15) is 11.5 Å². The van der Waals surface area contributed by atoms with Crippen molar-refractivity contribution in [2.75, 3.05) is 6.54 Å². The number of pyridine rings is 1. The SMILES string of the molecule is Cc1cc(O)cc(C)c1C[C@H](CC(=O)[C@H](N)CCCN=C(N)N)C(=O)N[C@@H](Cc1cccnc1)C(=O)C[C@@H](Cc1ccccc1)C(N)=O. The molecule has 12 heteroatoms. The van der Waals surface area contributed by atoms with Gasteiger partial charge in [0.2, 0.25) is 11.8 Å². The molecule has 3 rings (SSSR count). The number of nitrogens with zero attached hydrogens (tertiary/aromatic N) is 2. The van der Waals surface area contributed by atoms with Gasteiger partial charge in [-0.1, -0.05) is 36.4 Å². The number of amides is 2. The normalized spacial score (nSPS) is 13.5. The summed E-state index contributed by atoms with van der Waals surface area (Å²) in [5, 5.41) is 13.0. The zero-order chi connectivity index (χ0) is 35.2. The molecular weight excluding hydrogens is 610 g/mol. The third-order valence-electron chi connectivity index (χ3n) is 8.37. The number of nitrogens with one attached hydrogen (secondary N) is 1. The second-order valence-electron chi connectivity index (χ2n) is 12.3. The Morgan fingerprint density at radius 1 is 0.854 bits per heavy atom. The fourth-order valence-corrected chi connectivity index (χ4v) is 5.72. The van der Waals surface area contributed by atoms with E-state index in [4.69, 9.17) is 22.9 Å². The molecule has 0 aliphatic rings. The number of nitrogens with two attached hydrogens (primary N) is 4. The van der Waals surface area contributed by atoms with Crippen LogP contribution in [0.25, 0.3) is 0 Å². The predicted octanol–water partition coefficient (Wildman–Crippen LogP) is 1.93. The van der Waals surface area contributed by atoms with Crippen LogP contribution < -0.4 is 28.3 Å². The number of hydrogen-bond acceptors (Lipinski definition) is 8. The second-order valence-corrected chi connectivity index (χ2v) is 12.3. The number of ketones is 2. The Morgan fingerprint density at radius 2 is 1.50 bits per heavy atom. The van der Waals surface area contributed by atoms with Gasteiger partial charge < -0.3 is 33.4 Å². The summed E-state index contributed by atoms with van der Waals surface area (Å²) in [6.07, 6.45) is 4.20. The predicted molar refractivity (Wildman–Crippen MR) is 185 cm³/mol. The van der Waals surface area contributed by atoms with Crippen LogP contribution in [0.4, 0.5) is 0 Å². The summed E-state index contributed by atoms with van der Waals surface area (Å²) in [5.41, 5.74) is 26.6. The summed E-state index contributed by atoms with van der Waals surface area (Å²) in [5.74, 6) is -3.45. The van der Waals surface area contributed by atoms with Crippen molar-refractivity contribution >= 4 is 29.3 Å². The Bertz CT molecular complexity index is 1550. The number of rotatable bonds is 19. The maximum atomic E-state index is 14.1. The molecule has 0 aliphatic heterocycles. The van der Waals surface area contributed by atoms with Crippen molar-refractivity contribution in [2.24, 2.45) is 39.8 Å². The van der Waals surface area contributed by atoms with E-state index in [0.717, 1.165) is 22.3 Å². The minimum absolute atomic E-state index is 0.0520. The average molecular weight is 658 g/mol. The zero-order valence-electron chi connectivity index (χ0n) is 27.6. The van der Waals surface area contributed by atoms with Crippen LogP contribution in [-0.2, 0) is 38.4 Å². The number of aryl methyl sites for hydroxylation is 2. The maximum Gasteiger partial charge on any atom is 0.224 e. The maximum absolute atomic E-state index is 14.1. The molecule has 0 saturated carbocycles. The molecule has 0 fully saturated rings. The van der Waals surface area contributed by atoms with Crippen LogP contribution >= 0.6 is 0 Å². The molecule has 0 saturated heterocycles. The highest BCUT2D eigenvalue weighted by Crippen LogP contribution is 2.26. The van der Waals surface area contributed by atoms with Gasteiger partial charge in [-0.05, 0) is 85.5 Å². The summed E-state index contributed by atoms with van der Waals surface area (Å²) in [4.78, 5) is 61.8. The molecule has 0 spiro atoms. The standard InChI is InChI=1S/C36H47N7O5/c1-22-14-28(44)15-23(2)29(22)18-27(20-32(45)30(37)11-7-13-42-36(39)40)35(48)43-31(17-25-10-6-12-41-21-25)33(46)19-26(34(38)47)16-24-8-4-3-5-9-24/h3-6,8-10,12,14-15,21,26-27,30-31,44H,7,11,13,16-20,37H2,1-2H3,(H2,38,47)(H,43,48)(H4,39,40,42)/t26-,27-,30-,31+/m1/s1. The monoisotopic (exact) mass is 657 g/mol. The molecule has 2 amide bonds. The van der Waals surface area contributed by atoms with Gasteiger partial charge in [0.15, 0.2) is 11.7 Å². The Hall–Kier alpha value is -5.10. The lowest BCUT2D eigenvalue weighted by Crippen LogP contribution is -2.47. The molecule has 256 valence electrons. The molecule has 3 aromatic rings. The molecule has 4 atom stereocenters. The minimum Gasteiger partial charge on any atom is -0.508 e. The number of phenolic OH excluding ortho intramolecular Hbond substituents is 1. The van der Waals surface area contributed by atoms with Gasteiger partial charge >= 0.3 is 0 Å². The summed E-state index contributed by atoms with van der Waals surface area (Å²) >= 11 is 0. The first-order valence-corrected chi connectivity index (χ1v) is 16.0. The minimum atomic E-state index is -1.02. The fraction of sp³-hybridized carbons (Fsp3) is 0.389. The van der Waals surface area contributed by atoms with E-state index < -0.39 is 35.7 Å². The highest BCUT2D eigenvalue weighted by atomic mass is 16.3. The van der Waals surface area contributed by atoms with E-state index >= 15 is 0 Å². The Kier molecular flexibility index (Phi) is 14.2. The van der Waals surface area contributed by atoms with Gasteiger partial charge in [-0.2, -0.15) is 0 Å².